The largest absolute Gasteiger partial charge is 0.490 e. The fraction of sp³-hybridized carbons (Fsp3) is 0.417. The topological polar surface area (TPSA) is 29.5 Å². The molecule has 2 rings (SSSR count). The summed E-state index contributed by atoms with van der Waals surface area (Å²) in [6, 6.07) is 7.82. The van der Waals surface area contributed by atoms with Crippen molar-refractivity contribution in [1.82, 2.24) is 0 Å². The Morgan fingerprint density at radius 2 is 2.13 bits per heavy atom. The Labute approximate surface area is 89.7 Å². The third kappa shape index (κ3) is 1.69. The molecule has 1 heterocycles. The van der Waals surface area contributed by atoms with Gasteiger partial charge in [-0.25, -0.2) is 0 Å². The lowest BCUT2D eigenvalue weighted by Crippen LogP contribution is -2.49. The van der Waals surface area contributed by atoms with Gasteiger partial charge in [0.05, 0.1) is 17.8 Å². The molecule has 1 aromatic carbocycles. The minimum absolute atomic E-state index is 0.472. The molecule has 0 unspecified atom stereocenters. The molecular weight excluding hydrogens is 190 g/mol. The molecule has 0 aromatic heterocycles. The Bertz CT molecular complexity index is 374. The number of anilines is 1. The summed E-state index contributed by atoms with van der Waals surface area (Å²) < 4.78 is 5.54. The molecular formula is C12H15NO2. The van der Waals surface area contributed by atoms with E-state index in [-0.39, 0.29) is 0 Å². The second kappa shape index (κ2) is 3.57. The predicted octanol–water partition coefficient (Wildman–Crippen LogP) is 1.86. The van der Waals surface area contributed by atoms with E-state index in [9.17, 15) is 4.79 Å². The number of benzene rings is 1. The van der Waals surface area contributed by atoms with E-state index in [2.05, 4.69) is 4.90 Å². The van der Waals surface area contributed by atoms with Crippen molar-refractivity contribution in [1.29, 1.82) is 0 Å². The van der Waals surface area contributed by atoms with Gasteiger partial charge in [-0.2, -0.15) is 0 Å². The SMILES string of the molecule is CC(C)(C=O)N1CCOc2ccccc21. The number of hydrogen-bond acceptors (Lipinski definition) is 3. The van der Waals surface area contributed by atoms with Gasteiger partial charge in [-0.05, 0) is 26.0 Å². The summed E-state index contributed by atoms with van der Waals surface area (Å²) in [5, 5.41) is 0. The maximum Gasteiger partial charge on any atom is 0.144 e. The number of carbonyl (C=O) groups excluding carboxylic acids is 1. The second-order valence-corrected chi connectivity index (χ2v) is 4.24. The number of para-hydroxylation sites is 2. The fourth-order valence-corrected chi connectivity index (χ4v) is 1.83. The molecule has 3 nitrogen and oxygen atoms in total. The van der Waals surface area contributed by atoms with Crippen molar-refractivity contribution < 1.29 is 9.53 Å². The molecule has 1 aromatic rings. The van der Waals surface area contributed by atoms with Gasteiger partial charge < -0.3 is 14.4 Å². The highest BCUT2D eigenvalue weighted by Gasteiger charge is 2.30. The minimum atomic E-state index is -0.472. The highest BCUT2D eigenvalue weighted by atomic mass is 16.5. The molecule has 0 spiro atoms. The Morgan fingerprint density at radius 3 is 2.87 bits per heavy atom. The lowest BCUT2D eigenvalue weighted by atomic mass is 10.0. The maximum atomic E-state index is 11.1. The van der Waals surface area contributed by atoms with Crippen LogP contribution in [0.1, 0.15) is 13.8 Å². The van der Waals surface area contributed by atoms with Crippen LogP contribution in [0.5, 0.6) is 5.75 Å². The summed E-state index contributed by atoms with van der Waals surface area (Å²) in [4.78, 5) is 13.1. The van der Waals surface area contributed by atoms with Crippen LogP contribution >= 0.6 is 0 Å². The van der Waals surface area contributed by atoms with Gasteiger partial charge in [0, 0.05) is 0 Å². The van der Waals surface area contributed by atoms with Gasteiger partial charge in [-0.1, -0.05) is 12.1 Å². The summed E-state index contributed by atoms with van der Waals surface area (Å²) in [6.45, 7) is 5.22. The summed E-state index contributed by atoms with van der Waals surface area (Å²) in [5.74, 6) is 0.860. The molecule has 1 aliphatic heterocycles. The van der Waals surface area contributed by atoms with Crippen molar-refractivity contribution in [2.75, 3.05) is 18.1 Å². The normalized spacial score (nSPS) is 15.5. The molecule has 0 atom stereocenters. The van der Waals surface area contributed by atoms with E-state index < -0.39 is 5.54 Å². The third-order valence-electron chi connectivity index (χ3n) is 2.71. The van der Waals surface area contributed by atoms with Crippen molar-refractivity contribution in [2.24, 2.45) is 0 Å². The van der Waals surface area contributed by atoms with Crippen molar-refractivity contribution >= 4 is 12.0 Å². The third-order valence-corrected chi connectivity index (χ3v) is 2.71. The van der Waals surface area contributed by atoms with E-state index in [1.807, 2.05) is 38.1 Å². The summed E-state index contributed by atoms with van der Waals surface area (Å²) in [6.07, 6.45) is 0.981. The molecule has 80 valence electrons. The summed E-state index contributed by atoms with van der Waals surface area (Å²) >= 11 is 0. The van der Waals surface area contributed by atoms with Gasteiger partial charge in [0.25, 0.3) is 0 Å². The van der Waals surface area contributed by atoms with Crippen LogP contribution in [0.3, 0.4) is 0 Å². The van der Waals surface area contributed by atoms with Crippen LogP contribution in [-0.4, -0.2) is 25.0 Å². The van der Waals surface area contributed by atoms with E-state index in [1.54, 1.807) is 0 Å². The average molecular weight is 205 g/mol. The van der Waals surface area contributed by atoms with Gasteiger partial charge in [0.1, 0.15) is 18.6 Å². The first-order valence-electron chi connectivity index (χ1n) is 5.11. The van der Waals surface area contributed by atoms with E-state index in [0.717, 1.165) is 24.3 Å². The molecule has 0 N–H and O–H groups in total. The molecule has 3 heteroatoms. The van der Waals surface area contributed by atoms with Crippen LogP contribution in [0.2, 0.25) is 0 Å². The summed E-state index contributed by atoms with van der Waals surface area (Å²) in [5.41, 5.74) is 0.528. The highest BCUT2D eigenvalue weighted by molar-refractivity contribution is 5.74. The fourth-order valence-electron chi connectivity index (χ4n) is 1.83. The van der Waals surface area contributed by atoms with Crippen molar-refractivity contribution in [2.45, 2.75) is 19.4 Å². The number of nitrogens with zero attached hydrogens (tertiary/aromatic N) is 1. The zero-order chi connectivity index (χ0) is 10.9. The molecule has 0 fully saturated rings. The maximum absolute atomic E-state index is 11.1. The molecule has 15 heavy (non-hydrogen) atoms. The number of rotatable bonds is 2. The predicted molar refractivity (Wildman–Crippen MR) is 59.4 cm³/mol. The first-order valence-corrected chi connectivity index (χ1v) is 5.11. The van der Waals surface area contributed by atoms with Gasteiger partial charge >= 0.3 is 0 Å². The second-order valence-electron chi connectivity index (χ2n) is 4.24. The lowest BCUT2D eigenvalue weighted by molar-refractivity contribution is -0.111. The summed E-state index contributed by atoms with van der Waals surface area (Å²) in [7, 11) is 0. The van der Waals surface area contributed by atoms with Crippen LogP contribution in [0.4, 0.5) is 5.69 Å². The van der Waals surface area contributed by atoms with Crippen LogP contribution in [0, 0.1) is 0 Å². The number of fused-ring (bicyclic) bond motifs is 1. The Hall–Kier alpha value is -1.51. The number of aldehydes is 1. The molecule has 0 aliphatic carbocycles. The van der Waals surface area contributed by atoms with Crippen molar-refractivity contribution in [3.63, 3.8) is 0 Å². The molecule has 0 bridgehead atoms. The lowest BCUT2D eigenvalue weighted by Gasteiger charge is -2.39. The molecule has 0 radical (unpaired) electrons. The van der Waals surface area contributed by atoms with E-state index in [1.165, 1.54) is 0 Å². The molecule has 0 saturated carbocycles. The van der Waals surface area contributed by atoms with E-state index in [4.69, 9.17) is 4.74 Å². The van der Waals surface area contributed by atoms with E-state index >= 15 is 0 Å². The molecule has 0 saturated heterocycles. The zero-order valence-electron chi connectivity index (χ0n) is 9.06. The molecule has 0 amide bonds. The monoisotopic (exact) mass is 205 g/mol. The van der Waals surface area contributed by atoms with Gasteiger partial charge in [0.15, 0.2) is 0 Å². The van der Waals surface area contributed by atoms with Gasteiger partial charge in [0.2, 0.25) is 0 Å². The van der Waals surface area contributed by atoms with Gasteiger partial charge in [-0.3, -0.25) is 0 Å². The Kier molecular flexibility index (Phi) is 2.39. The quantitative estimate of drug-likeness (QED) is 0.690. The highest BCUT2D eigenvalue weighted by Crippen LogP contribution is 2.34. The van der Waals surface area contributed by atoms with Crippen LogP contribution in [-0.2, 0) is 4.79 Å². The zero-order valence-corrected chi connectivity index (χ0v) is 9.06. The van der Waals surface area contributed by atoms with Crippen molar-refractivity contribution in [3.8, 4) is 5.75 Å². The molecule has 1 aliphatic rings. The smallest absolute Gasteiger partial charge is 0.144 e. The van der Waals surface area contributed by atoms with Crippen LogP contribution in [0.25, 0.3) is 0 Å². The number of carbonyl (C=O) groups is 1. The standard InChI is InChI=1S/C12H15NO2/c1-12(2,9-14)13-7-8-15-11-6-4-3-5-10(11)13/h3-6,9H,7-8H2,1-2H3. The first kappa shape index (κ1) is 10.0. The number of ether oxygens (including phenoxy) is 1. The Balaban J connectivity index is 2.42. The average Bonchev–Trinajstić information content (AvgIpc) is 2.28. The first-order chi connectivity index (χ1) is 7.15. The van der Waals surface area contributed by atoms with Crippen LogP contribution in [0.15, 0.2) is 24.3 Å². The van der Waals surface area contributed by atoms with Crippen molar-refractivity contribution in [3.05, 3.63) is 24.3 Å². The van der Waals surface area contributed by atoms with Gasteiger partial charge in [-0.15, -0.1) is 0 Å². The van der Waals surface area contributed by atoms with Crippen LogP contribution < -0.4 is 9.64 Å². The Morgan fingerprint density at radius 1 is 1.40 bits per heavy atom. The van der Waals surface area contributed by atoms with E-state index in [0.29, 0.717) is 6.61 Å². The minimum Gasteiger partial charge on any atom is -0.490 e. The number of hydrogen-bond donors (Lipinski definition) is 0.